The summed E-state index contributed by atoms with van der Waals surface area (Å²) in [6.45, 7) is 0.893. The Kier molecular flexibility index (Phi) is 2.83. The molecule has 0 amide bonds. The third-order valence-electron chi connectivity index (χ3n) is 2.64. The van der Waals surface area contributed by atoms with Gasteiger partial charge in [-0.2, -0.15) is 0 Å². The number of hydrogen-bond acceptors (Lipinski definition) is 2. The quantitative estimate of drug-likeness (QED) is 0.835. The molecule has 1 heterocycles. The third kappa shape index (κ3) is 2.02. The number of rotatable bonds is 3. The van der Waals surface area contributed by atoms with Crippen molar-refractivity contribution in [1.82, 2.24) is 9.88 Å². The zero-order chi connectivity index (χ0) is 11.7. The normalized spacial score (nSPS) is 11.5. The molecule has 0 saturated carbocycles. The number of nitrogens with zero attached hydrogens (tertiary/aromatic N) is 1. The average Bonchev–Trinajstić information content (AvgIpc) is 2.58. The molecule has 4 heteroatoms. The zero-order valence-corrected chi connectivity index (χ0v) is 9.42. The minimum Gasteiger partial charge on any atom is -0.508 e. The Morgan fingerprint density at radius 1 is 1.38 bits per heavy atom. The predicted molar refractivity (Wildman–Crippen MR) is 62.2 cm³/mol. The van der Waals surface area contributed by atoms with Crippen LogP contribution < -0.4 is 0 Å². The second-order valence-corrected chi connectivity index (χ2v) is 4.22. The van der Waals surface area contributed by atoms with Crippen molar-refractivity contribution in [3.8, 4) is 5.75 Å². The van der Waals surface area contributed by atoms with Crippen LogP contribution in [0.2, 0.25) is 0 Å². The standard InChI is InChI=1S/C12H15FN2O/c1-15(2)4-3-8-7-14-12-10(8)5-9(16)6-11(12)13/h5-7,14,16H,3-4H2,1-2H3. The summed E-state index contributed by atoms with van der Waals surface area (Å²) in [5, 5.41) is 10.1. The maximum Gasteiger partial charge on any atom is 0.150 e. The van der Waals surface area contributed by atoms with E-state index in [4.69, 9.17) is 0 Å². The molecule has 0 saturated heterocycles. The lowest BCUT2D eigenvalue weighted by atomic mass is 10.1. The number of aromatic nitrogens is 1. The van der Waals surface area contributed by atoms with Gasteiger partial charge in [0.2, 0.25) is 0 Å². The van der Waals surface area contributed by atoms with E-state index >= 15 is 0 Å². The van der Waals surface area contributed by atoms with Gasteiger partial charge in [0.15, 0.2) is 5.82 Å². The number of likely N-dealkylation sites (N-methyl/N-ethyl adjacent to an activating group) is 1. The smallest absolute Gasteiger partial charge is 0.150 e. The molecule has 0 aliphatic rings. The van der Waals surface area contributed by atoms with Crippen LogP contribution in [0.15, 0.2) is 18.3 Å². The van der Waals surface area contributed by atoms with E-state index < -0.39 is 5.82 Å². The molecule has 2 N–H and O–H groups in total. The van der Waals surface area contributed by atoms with Gasteiger partial charge < -0.3 is 15.0 Å². The molecule has 1 aromatic heterocycles. The summed E-state index contributed by atoms with van der Waals surface area (Å²) in [7, 11) is 3.99. The van der Waals surface area contributed by atoms with Gasteiger partial charge in [0.05, 0.1) is 5.52 Å². The van der Waals surface area contributed by atoms with Gasteiger partial charge in [-0.25, -0.2) is 4.39 Å². The maximum atomic E-state index is 13.5. The number of aromatic hydroxyl groups is 1. The van der Waals surface area contributed by atoms with Crippen molar-refractivity contribution in [3.05, 3.63) is 29.7 Å². The minimum absolute atomic E-state index is 0.0318. The highest BCUT2D eigenvalue weighted by Crippen LogP contribution is 2.26. The minimum atomic E-state index is -0.411. The second kappa shape index (κ2) is 4.14. The highest BCUT2D eigenvalue weighted by molar-refractivity contribution is 5.85. The van der Waals surface area contributed by atoms with E-state index in [9.17, 15) is 9.50 Å². The molecule has 0 unspecified atom stereocenters. The molecule has 0 bridgehead atoms. The average molecular weight is 222 g/mol. The van der Waals surface area contributed by atoms with E-state index in [0.29, 0.717) is 5.52 Å². The van der Waals surface area contributed by atoms with Crippen molar-refractivity contribution < 1.29 is 9.50 Å². The number of fused-ring (bicyclic) bond motifs is 1. The number of halogens is 1. The Labute approximate surface area is 93.5 Å². The molecule has 1 aromatic carbocycles. The lowest BCUT2D eigenvalue weighted by molar-refractivity contribution is 0.414. The van der Waals surface area contributed by atoms with Crippen LogP contribution in [0.4, 0.5) is 4.39 Å². The fourth-order valence-corrected chi connectivity index (χ4v) is 1.78. The number of H-pyrrole nitrogens is 1. The fraction of sp³-hybridized carbons (Fsp3) is 0.333. The van der Waals surface area contributed by atoms with Gasteiger partial charge in [-0.05, 0) is 32.1 Å². The van der Waals surface area contributed by atoms with Crippen molar-refractivity contribution in [3.63, 3.8) is 0 Å². The molecule has 0 fully saturated rings. The Hall–Kier alpha value is -1.55. The lowest BCUT2D eigenvalue weighted by Gasteiger charge is -2.08. The molecule has 0 radical (unpaired) electrons. The van der Waals surface area contributed by atoms with Gasteiger partial charge in [0, 0.05) is 24.2 Å². The highest BCUT2D eigenvalue weighted by atomic mass is 19.1. The van der Waals surface area contributed by atoms with Crippen LogP contribution in [-0.4, -0.2) is 35.6 Å². The number of phenolic OH excluding ortho intramolecular Hbond substituents is 1. The first-order chi connectivity index (χ1) is 7.58. The Bertz CT molecular complexity index is 505. The van der Waals surface area contributed by atoms with Crippen molar-refractivity contribution >= 4 is 10.9 Å². The number of hydrogen-bond donors (Lipinski definition) is 2. The first-order valence-electron chi connectivity index (χ1n) is 5.21. The van der Waals surface area contributed by atoms with Gasteiger partial charge in [0.25, 0.3) is 0 Å². The van der Waals surface area contributed by atoms with Crippen LogP contribution in [0.1, 0.15) is 5.56 Å². The molecular formula is C12H15FN2O. The lowest BCUT2D eigenvalue weighted by Crippen LogP contribution is -2.14. The number of aromatic amines is 1. The molecule has 0 aliphatic heterocycles. The summed E-state index contributed by atoms with van der Waals surface area (Å²) in [4.78, 5) is 4.97. The van der Waals surface area contributed by atoms with Crippen molar-refractivity contribution in [2.24, 2.45) is 0 Å². The summed E-state index contributed by atoms with van der Waals surface area (Å²) in [5.74, 6) is -0.443. The molecule has 86 valence electrons. The van der Waals surface area contributed by atoms with E-state index in [-0.39, 0.29) is 5.75 Å². The first-order valence-corrected chi connectivity index (χ1v) is 5.21. The number of nitrogens with one attached hydrogen (secondary N) is 1. The van der Waals surface area contributed by atoms with E-state index in [1.54, 1.807) is 12.3 Å². The summed E-state index contributed by atoms with van der Waals surface area (Å²) in [5.41, 5.74) is 1.49. The summed E-state index contributed by atoms with van der Waals surface area (Å²) >= 11 is 0. The van der Waals surface area contributed by atoms with Gasteiger partial charge in [-0.15, -0.1) is 0 Å². The monoisotopic (exact) mass is 222 g/mol. The van der Waals surface area contributed by atoms with Crippen LogP contribution in [0, 0.1) is 5.82 Å². The van der Waals surface area contributed by atoms with Crippen LogP contribution in [-0.2, 0) is 6.42 Å². The van der Waals surface area contributed by atoms with Gasteiger partial charge >= 0.3 is 0 Å². The van der Waals surface area contributed by atoms with E-state index in [2.05, 4.69) is 9.88 Å². The van der Waals surface area contributed by atoms with Gasteiger partial charge in [0.1, 0.15) is 5.75 Å². The fourth-order valence-electron chi connectivity index (χ4n) is 1.78. The zero-order valence-electron chi connectivity index (χ0n) is 9.42. The van der Waals surface area contributed by atoms with Crippen LogP contribution in [0.3, 0.4) is 0 Å². The summed E-state index contributed by atoms with van der Waals surface area (Å²) in [6.07, 6.45) is 2.63. The Morgan fingerprint density at radius 3 is 2.81 bits per heavy atom. The summed E-state index contributed by atoms with van der Waals surface area (Å²) < 4.78 is 13.5. The third-order valence-corrected chi connectivity index (χ3v) is 2.64. The van der Waals surface area contributed by atoms with Gasteiger partial charge in [-0.1, -0.05) is 0 Å². The summed E-state index contributed by atoms with van der Waals surface area (Å²) in [6, 6.07) is 2.72. The van der Waals surface area contributed by atoms with Crippen molar-refractivity contribution in [2.75, 3.05) is 20.6 Å². The number of benzene rings is 1. The SMILES string of the molecule is CN(C)CCc1c[nH]c2c(F)cc(O)cc12. The Morgan fingerprint density at radius 2 is 2.12 bits per heavy atom. The second-order valence-electron chi connectivity index (χ2n) is 4.22. The number of phenols is 1. The topological polar surface area (TPSA) is 39.3 Å². The molecule has 0 aliphatic carbocycles. The Balaban J connectivity index is 2.40. The van der Waals surface area contributed by atoms with Crippen LogP contribution >= 0.6 is 0 Å². The van der Waals surface area contributed by atoms with Crippen molar-refractivity contribution in [1.29, 1.82) is 0 Å². The first kappa shape index (κ1) is 11.0. The van der Waals surface area contributed by atoms with E-state index in [1.807, 2.05) is 14.1 Å². The predicted octanol–water partition coefficient (Wildman–Crippen LogP) is 2.12. The van der Waals surface area contributed by atoms with Crippen LogP contribution in [0.25, 0.3) is 10.9 Å². The van der Waals surface area contributed by atoms with Gasteiger partial charge in [-0.3, -0.25) is 0 Å². The van der Waals surface area contributed by atoms with Crippen molar-refractivity contribution in [2.45, 2.75) is 6.42 Å². The molecule has 3 nitrogen and oxygen atoms in total. The molecular weight excluding hydrogens is 207 g/mol. The maximum absolute atomic E-state index is 13.5. The molecule has 0 atom stereocenters. The largest absolute Gasteiger partial charge is 0.508 e. The highest BCUT2D eigenvalue weighted by Gasteiger charge is 2.09. The van der Waals surface area contributed by atoms with E-state index in [1.165, 1.54) is 0 Å². The molecule has 2 rings (SSSR count). The molecule has 16 heavy (non-hydrogen) atoms. The van der Waals surface area contributed by atoms with E-state index in [0.717, 1.165) is 30.0 Å². The molecule has 0 spiro atoms. The molecule has 2 aromatic rings. The van der Waals surface area contributed by atoms with Crippen LogP contribution in [0.5, 0.6) is 5.75 Å².